The minimum atomic E-state index is -0.311. The van der Waals surface area contributed by atoms with Crippen LogP contribution in [0.25, 0.3) is 5.69 Å². The van der Waals surface area contributed by atoms with Crippen LogP contribution in [0.3, 0.4) is 0 Å². The van der Waals surface area contributed by atoms with Gasteiger partial charge < -0.3 is 14.8 Å². The lowest BCUT2D eigenvalue weighted by atomic mass is 9.95. The van der Waals surface area contributed by atoms with Crippen LogP contribution in [0.1, 0.15) is 40.2 Å². The number of benzene rings is 2. The summed E-state index contributed by atoms with van der Waals surface area (Å²) in [6, 6.07) is 15.2. The van der Waals surface area contributed by atoms with Gasteiger partial charge in [-0.3, -0.25) is 9.78 Å². The highest BCUT2D eigenvalue weighted by atomic mass is 19.1. The number of ether oxygens (including phenoxy) is 2. The molecule has 8 heteroatoms. The maximum atomic E-state index is 13.4. The molecule has 7 nitrogen and oxygen atoms in total. The van der Waals surface area contributed by atoms with Crippen molar-refractivity contribution in [3.63, 3.8) is 0 Å². The molecule has 0 atom stereocenters. The van der Waals surface area contributed by atoms with Gasteiger partial charge in [-0.05, 0) is 79.8 Å². The average molecular weight is 473 g/mol. The van der Waals surface area contributed by atoms with Crippen molar-refractivity contribution in [1.29, 1.82) is 0 Å². The van der Waals surface area contributed by atoms with Gasteiger partial charge in [0.1, 0.15) is 12.4 Å². The van der Waals surface area contributed by atoms with E-state index in [-0.39, 0.29) is 11.7 Å². The number of rotatable bonds is 7. The zero-order valence-electron chi connectivity index (χ0n) is 19.3. The van der Waals surface area contributed by atoms with Crippen LogP contribution in [-0.4, -0.2) is 27.8 Å². The number of anilines is 1. The second-order valence-corrected chi connectivity index (χ2v) is 8.33. The molecule has 2 aromatic carbocycles. The fourth-order valence-corrected chi connectivity index (χ4v) is 4.27. The summed E-state index contributed by atoms with van der Waals surface area (Å²) in [7, 11) is 1.57. The first-order valence-electron chi connectivity index (χ1n) is 11.5. The van der Waals surface area contributed by atoms with Crippen LogP contribution in [0.15, 0.2) is 67.0 Å². The van der Waals surface area contributed by atoms with E-state index in [0.717, 1.165) is 48.2 Å². The van der Waals surface area contributed by atoms with Gasteiger partial charge in [0.2, 0.25) is 0 Å². The van der Waals surface area contributed by atoms with Crippen molar-refractivity contribution in [1.82, 2.24) is 14.8 Å². The van der Waals surface area contributed by atoms with Crippen molar-refractivity contribution in [2.45, 2.75) is 32.3 Å². The average Bonchev–Trinajstić information content (AvgIpc) is 3.28. The molecule has 0 saturated heterocycles. The third-order valence-electron chi connectivity index (χ3n) is 6.03. The lowest BCUT2D eigenvalue weighted by Crippen LogP contribution is -2.15. The Bertz CT molecular complexity index is 1340. The van der Waals surface area contributed by atoms with E-state index in [9.17, 15) is 9.18 Å². The van der Waals surface area contributed by atoms with Gasteiger partial charge in [0.25, 0.3) is 5.91 Å². The van der Waals surface area contributed by atoms with E-state index in [1.54, 1.807) is 54.5 Å². The fourth-order valence-electron chi connectivity index (χ4n) is 4.27. The van der Waals surface area contributed by atoms with Crippen LogP contribution in [0.2, 0.25) is 0 Å². The first kappa shape index (κ1) is 22.6. The number of hydrogen-bond donors (Lipinski definition) is 1. The topological polar surface area (TPSA) is 78.3 Å². The number of fused-ring (bicyclic) bond motifs is 1. The lowest BCUT2D eigenvalue weighted by Gasteiger charge is -2.14. The number of carbonyl (C=O) groups excluding carboxylic acids is 1. The molecule has 4 aromatic rings. The Hall–Kier alpha value is -4.20. The molecule has 5 rings (SSSR count). The monoisotopic (exact) mass is 472 g/mol. The number of nitrogens with one attached hydrogen (secondary N) is 1. The van der Waals surface area contributed by atoms with Crippen molar-refractivity contribution in [3.05, 3.63) is 95.3 Å². The molecule has 35 heavy (non-hydrogen) atoms. The van der Waals surface area contributed by atoms with Crippen LogP contribution >= 0.6 is 0 Å². The van der Waals surface area contributed by atoms with Crippen LogP contribution in [-0.2, 0) is 19.4 Å². The minimum absolute atomic E-state index is 0.297. The molecule has 0 radical (unpaired) electrons. The Labute approximate surface area is 202 Å². The van der Waals surface area contributed by atoms with Gasteiger partial charge in [-0.15, -0.1) is 0 Å². The number of pyridine rings is 1. The highest BCUT2D eigenvalue weighted by molar-refractivity contribution is 6.04. The molecule has 2 aromatic heterocycles. The number of halogens is 1. The van der Waals surface area contributed by atoms with Crippen molar-refractivity contribution in [3.8, 4) is 17.2 Å². The highest BCUT2D eigenvalue weighted by Gasteiger charge is 2.26. The van der Waals surface area contributed by atoms with Crippen LogP contribution in [0, 0.1) is 5.82 Å². The molecule has 2 heterocycles. The second-order valence-electron chi connectivity index (χ2n) is 8.33. The predicted octanol–water partition coefficient (Wildman–Crippen LogP) is 5.13. The van der Waals surface area contributed by atoms with E-state index in [2.05, 4.69) is 15.4 Å². The van der Waals surface area contributed by atoms with Gasteiger partial charge in [-0.1, -0.05) is 0 Å². The fraction of sp³-hybridized carbons (Fsp3) is 0.222. The molecular formula is C27H25FN4O3. The smallest absolute Gasteiger partial charge is 0.276 e. The number of carbonyl (C=O) groups is 1. The Morgan fingerprint density at radius 1 is 1.03 bits per heavy atom. The molecule has 1 aliphatic carbocycles. The Morgan fingerprint density at radius 2 is 1.80 bits per heavy atom. The molecule has 0 saturated carbocycles. The summed E-state index contributed by atoms with van der Waals surface area (Å²) in [5.74, 6) is 0.472. The Balaban J connectivity index is 1.40. The van der Waals surface area contributed by atoms with E-state index in [1.807, 2.05) is 12.1 Å². The van der Waals surface area contributed by atoms with Gasteiger partial charge in [0, 0.05) is 35.4 Å². The van der Waals surface area contributed by atoms with E-state index in [0.29, 0.717) is 29.5 Å². The zero-order chi connectivity index (χ0) is 24.2. The first-order valence-corrected chi connectivity index (χ1v) is 11.5. The summed E-state index contributed by atoms with van der Waals surface area (Å²) >= 11 is 0. The molecule has 0 bridgehead atoms. The molecule has 0 fully saturated rings. The standard InChI is InChI=1S/C27H25FN4O3/c1-34-24-11-8-20(16-25(24)35-17-18-12-14-29-15-13-18)30-27(33)26-22-4-2-3-5-23(22)32(31-26)21-9-6-19(28)7-10-21/h6-16H,2-5,17H2,1H3,(H,30,33). The quantitative estimate of drug-likeness (QED) is 0.404. The maximum absolute atomic E-state index is 13.4. The van der Waals surface area contributed by atoms with Crippen LogP contribution in [0.5, 0.6) is 11.5 Å². The zero-order valence-corrected chi connectivity index (χ0v) is 19.3. The molecule has 1 aliphatic rings. The first-order chi connectivity index (χ1) is 17.1. The van der Waals surface area contributed by atoms with Crippen LogP contribution < -0.4 is 14.8 Å². The van der Waals surface area contributed by atoms with Crippen LogP contribution in [0.4, 0.5) is 10.1 Å². The SMILES string of the molecule is COc1ccc(NC(=O)c2nn(-c3ccc(F)cc3)c3c2CCCC3)cc1OCc1ccncc1. The third kappa shape index (κ3) is 4.87. The molecule has 0 unspecified atom stereocenters. The summed E-state index contributed by atoms with van der Waals surface area (Å²) < 4.78 is 26.6. The molecule has 1 N–H and O–H groups in total. The molecule has 0 aliphatic heterocycles. The summed E-state index contributed by atoms with van der Waals surface area (Å²) in [5, 5.41) is 7.59. The van der Waals surface area contributed by atoms with E-state index < -0.39 is 0 Å². The minimum Gasteiger partial charge on any atom is -0.493 e. The number of methoxy groups -OCH3 is 1. The number of aromatic nitrogens is 3. The van der Waals surface area contributed by atoms with E-state index in [4.69, 9.17) is 9.47 Å². The molecular weight excluding hydrogens is 447 g/mol. The molecule has 1 amide bonds. The van der Waals surface area contributed by atoms with E-state index >= 15 is 0 Å². The van der Waals surface area contributed by atoms with Crippen molar-refractivity contribution < 1.29 is 18.7 Å². The van der Waals surface area contributed by atoms with Gasteiger partial charge >= 0.3 is 0 Å². The van der Waals surface area contributed by atoms with Gasteiger partial charge in [-0.2, -0.15) is 5.10 Å². The highest BCUT2D eigenvalue weighted by Crippen LogP contribution is 2.32. The summed E-state index contributed by atoms with van der Waals surface area (Å²) in [4.78, 5) is 17.3. The normalized spacial score (nSPS) is 12.6. The van der Waals surface area contributed by atoms with Gasteiger partial charge in [-0.25, -0.2) is 9.07 Å². The van der Waals surface area contributed by atoms with Gasteiger partial charge in [0.05, 0.1) is 12.8 Å². The summed E-state index contributed by atoms with van der Waals surface area (Å²) in [5.41, 5.74) is 4.61. The third-order valence-corrected chi connectivity index (χ3v) is 6.03. The van der Waals surface area contributed by atoms with Crippen molar-refractivity contribution in [2.24, 2.45) is 0 Å². The maximum Gasteiger partial charge on any atom is 0.276 e. The van der Waals surface area contributed by atoms with Crippen molar-refractivity contribution >= 4 is 11.6 Å². The Morgan fingerprint density at radius 3 is 2.57 bits per heavy atom. The number of nitrogens with zero attached hydrogens (tertiary/aromatic N) is 3. The van der Waals surface area contributed by atoms with Gasteiger partial charge in [0.15, 0.2) is 17.2 Å². The number of amides is 1. The lowest BCUT2D eigenvalue weighted by molar-refractivity contribution is 0.102. The second kappa shape index (κ2) is 9.97. The predicted molar refractivity (Wildman–Crippen MR) is 130 cm³/mol. The molecule has 178 valence electrons. The number of hydrogen-bond acceptors (Lipinski definition) is 5. The Kier molecular flexibility index (Phi) is 6.43. The molecule has 0 spiro atoms. The van der Waals surface area contributed by atoms with Crippen molar-refractivity contribution in [2.75, 3.05) is 12.4 Å². The summed E-state index contributed by atoms with van der Waals surface area (Å²) in [6.07, 6.45) is 7.04. The van der Waals surface area contributed by atoms with E-state index in [1.165, 1.54) is 12.1 Å². The largest absolute Gasteiger partial charge is 0.493 e. The summed E-state index contributed by atoms with van der Waals surface area (Å²) in [6.45, 7) is 0.339.